The minimum absolute atomic E-state index is 0.128. The third kappa shape index (κ3) is 3.97. The molecule has 2 heterocycles. The van der Waals surface area contributed by atoms with Gasteiger partial charge in [0, 0.05) is 12.5 Å². The average molecular weight is 442 g/mol. The summed E-state index contributed by atoms with van der Waals surface area (Å²) in [6.07, 6.45) is 3.28. The molecular formula is C22H23N3O5S. The fourth-order valence-electron chi connectivity index (χ4n) is 4.34. The molecule has 4 rings (SSSR count). The quantitative estimate of drug-likeness (QED) is 0.564. The summed E-state index contributed by atoms with van der Waals surface area (Å²) in [5.74, 6) is -1.77. The van der Waals surface area contributed by atoms with Crippen LogP contribution in [0.4, 0.5) is 5.13 Å². The van der Waals surface area contributed by atoms with Crippen LogP contribution in [-0.2, 0) is 9.53 Å². The lowest BCUT2D eigenvalue weighted by atomic mass is 9.78. The van der Waals surface area contributed by atoms with E-state index in [0.717, 1.165) is 30.6 Å². The van der Waals surface area contributed by atoms with E-state index in [1.165, 1.54) is 12.0 Å². The number of ether oxygens (including phenoxy) is 1. The fraction of sp³-hybridized carbons (Fsp3) is 0.409. The first-order chi connectivity index (χ1) is 14.9. The number of thiazole rings is 1. The molecule has 1 aliphatic carbocycles. The summed E-state index contributed by atoms with van der Waals surface area (Å²) >= 11 is 1.07. The molecule has 1 fully saturated rings. The van der Waals surface area contributed by atoms with Crippen LogP contribution in [0.3, 0.4) is 0 Å². The number of carbonyl (C=O) groups is 4. The van der Waals surface area contributed by atoms with Gasteiger partial charge >= 0.3 is 5.97 Å². The Balaban J connectivity index is 1.48. The smallest absolute Gasteiger partial charge is 0.350 e. The van der Waals surface area contributed by atoms with Gasteiger partial charge in [-0.25, -0.2) is 9.78 Å². The summed E-state index contributed by atoms with van der Waals surface area (Å²) in [7, 11) is 1.30. The van der Waals surface area contributed by atoms with Crippen LogP contribution >= 0.6 is 11.3 Å². The lowest BCUT2D eigenvalue weighted by Gasteiger charge is -2.32. The van der Waals surface area contributed by atoms with Crippen LogP contribution in [0.5, 0.6) is 0 Å². The Morgan fingerprint density at radius 3 is 2.45 bits per heavy atom. The van der Waals surface area contributed by atoms with Gasteiger partial charge in [-0.2, -0.15) is 0 Å². The lowest BCUT2D eigenvalue weighted by molar-refractivity contribution is -0.122. The number of imide groups is 1. The van der Waals surface area contributed by atoms with Crippen molar-refractivity contribution in [2.45, 2.75) is 32.6 Å². The van der Waals surface area contributed by atoms with Gasteiger partial charge < -0.3 is 10.1 Å². The molecule has 2 aromatic rings. The van der Waals surface area contributed by atoms with Crippen molar-refractivity contribution in [1.82, 2.24) is 9.88 Å². The maximum absolute atomic E-state index is 13.0. The highest BCUT2D eigenvalue weighted by Crippen LogP contribution is 2.34. The fourth-order valence-corrected chi connectivity index (χ4v) is 5.23. The van der Waals surface area contributed by atoms with Gasteiger partial charge in [0.1, 0.15) is 4.88 Å². The van der Waals surface area contributed by atoms with E-state index in [4.69, 9.17) is 4.74 Å². The number of esters is 1. The monoisotopic (exact) mass is 441 g/mol. The van der Waals surface area contributed by atoms with Crippen molar-refractivity contribution in [3.05, 3.63) is 46.0 Å². The van der Waals surface area contributed by atoms with Gasteiger partial charge in [-0.05, 0) is 37.8 Å². The van der Waals surface area contributed by atoms with E-state index in [1.54, 1.807) is 31.2 Å². The number of fused-ring (bicyclic) bond motifs is 1. The molecule has 1 aromatic heterocycles. The molecule has 0 radical (unpaired) electrons. The van der Waals surface area contributed by atoms with Gasteiger partial charge in [-0.1, -0.05) is 36.3 Å². The predicted octanol–water partition coefficient (Wildman–Crippen LogP) is 3.28. The van der Waals surface area contributed by atoms with E-state index >= 15 is 0 Å². The third-order valence-corrected chi connectivity index (χ3v) is 6.99. The van der Waals surface area contributed by atoms with Gasteiger partial charge in [-0.3, -0.25) is 19.3 Å². The maximum Gasteiger partial charge on any atom is 0.350 e. The number of hydrogen-bond acceptors (Lipinski definition) is 7. The van der Waals surface area contributed by atoms with E-state index in [0.29, 0.717) is 33.3 Å². The number of carbonyl (C=O) groups excluding carboxylic acids is 4. The zero-order valence-corrected chi connectivity index (χ0v) is 18.2. The topological polar surface area (TPSA) is 106 Å². The molecule has 0 saturated heterocycles. The molecule has 0 bridgehead atoms. The van der Waals surface area contributed by atoms with Crippen LogP contribution in [0.1, 0.15) is 61.8 Å². The average Bonchev–Trinajstić information content (AvgIpc) is 3.26. The molecule has 1 N–H and O–H groups in total. The van der Waals surface area contributed by atoms with Crippen molar-refractivity contribution < 1.29 is 23.9 Å². The van der Waals surface area contributed by atoms with E-state index in [2.05, 4.69) is 10.3 Å². The molecule has 3 amide bonds. The van der Waals surface area contributed by atoms with Crippen LogP contribution in [0, 0.1) is 18.8 Å². The molecule has 8 nitrogen and oxygen atoms in total. The van der Waals surface area contributed by atoms with Crippen LogP contribution in [-0.4, -0.2) is 47.2 Å². The first-order valence-electron chi connectivity index (χ1n) is 10.2. The highest BCUT2D eigenvalue weighted by molar-refractivity contribution is 7.17. The number of hydrogen-bond donors (Lipinski definition) is 1. The first kappa shape index (κ1) is 21.2. The van der Waals surface area contributed by atoms with E-state index in [-0.39, 0.29) is 36.1 Å². The molecule has 2 unspecified atom stereocenters. The summed E-state index contributed by atoms with van der Waals surface area (Å²) in [6.45, 7) is 1.90. The van der Waals surface area contributed by atoms with Gasteiger partial charge in [0.15, 0.2) is 5.13 Å². The Morgan fingerprint density at radius 2 is 1.81 bits per heavy atom. The summed E-state index contributed by atoms with van der Waals surface area (Å²) in [5, 5.41) is 3.16. The van der Waals surface area contributed by atoms with Crippen molar-refractivity contribution in [1.29, 1.82) is 0 Å². The van der Waals surface area contributed by atoms with Crippen LogP contribution in [0.2, 0.25) is 0 Å². The highest BCUT2D eigenvalue weighted by atomic mass is 32.1. The number of rotatable bonds is 5. The van der Waals surface area contributed by atoms with Crippen molar-refractivity contribution in [3.63, 3.8) is 0 Å². The Kier molecular flexibility index (Phi) is 5.86. The zero-order chi connectivity index (χ0) is 22.1. The third-order valence-electron chi connectivity index (χ3n) is 5.94. The molecule has 1 aromatic carbocycles. The minimum Gasteiger partial charge on any atom is -0.465 e. The number of aromatic nitrogens is 1. The van der Waals surface area contributed by atoms with Crippen LogP contribution in [0.25, 0.3) is 0 Å². The Morgan fingerprint density at radius 1 is 1.16 bits per heavy atom. The van der Waals surface area contributed by atoms with Crippen molar-refractivity contribution in [3.8, 4) is 0 Å². The number of benzene rings is 1. The molecule has 2 atom stereocenters. The lowest BCUT2D eigenvalue weighted by Crippen LogP contribution is -2.41. The number of methoxy groups -OCH3 is 1. The number of amides is 3. The predicted molar refractivity (Wildman–Crippen MR) is 114 cm³/mol. The number of nitrogens with zero attached hydrogens (tertiary/aromatic N) is 2. The Bertz CT molecular complexity index is 1030. The summed E-state index contributed by atoms with van der Waals surface area (Å²) in [6, 6.07) is 6.79. The van der Waals surface area contributed by atoms with Crippen molar-refractivity contribution in [2.75, 3.05) is 19.0 Å². The Labute approximate surface area is 183 Å². The molecule has 31 heavy (non-hydrogen) atoms. The van der Waals surface area contributed by atoms with Gasteiger partial charge in [0.25, 0.3) is 11.8 Å². The van der Waals surface area contributed by atoms with Crippen molar-refractivity contribution in [2.24, 2.45) is 11.8 Å². The molecule has 0 spiro atoms. The number of nitrogens with one attached hydrogen (secondary N) is 1. The SMILES string of the molecule is COC(=O)c1sc(NC(=O)C2CCCCC2CN2C(=O)c3ccccc3C2=O)nc1C. The standard InChI is InChI=1S/C22H23N3O5S/c1-12-17(21(29)30-2)31-22(23-12)24-18(26)14-8-4-3-7-13(14)11-25-19(27)15-9-5-6-10-16(15)20(25)28/h5-6,9-10,13-14H,3-4,7-8,11H2,1-2H3,(H,23,24,26). The van der Waals surface area contributed by atoms with Gasteiger partial charge in [-0.15, -0.1) is 0 Å². The van der Waals surface area contributed by atoms with Gasteiger partial charge in [0.2, 0.25) is 5.91 Å². The zero-order valence-electron chi connectivity index (χ0n) is 17.3. The summed E-state index contributed by atoms with van der Waals surface area (Å²) in [4.78, 5) is 56.2. The molecule has 162 valence electrons. The molecular weight excluding hydrogens is 418 g/mol. The summed E-state index contributed by atoms with van der Waals surface area (Å²) < 4.78 is 4.74. The van der Waals surface area contributed by atoms with Gasteiger partial charge in [0.05, 0.1) is 23.9 Å². The second kappa shape index (κ2) is 8.58. The second-order valence-corrected chi connectivity index (χ2v) is 8.83. The normalized spacial score (nSPS) is 20.5. The maximum atomic E-state index is 13.0. The molecule has 1 saturated carbocycles. The summed E-state index contributed by atoms with van der Waals surface area (Å²) in [5.41, 5.74) is 1.33. The highest BCUT2D eigenvalue weighted by Gasteiger charge is 2.40. The molecule has 2 aliphatic rings. The Hall–Kier alpha value is -3.07. The van der Waals surface area contributed by atoms with Crippen LogP contribution < -0.4 is 5.32 Å². The molecule has 9 heteroatoms. The first-order valence-corrected chi connectivity index (χ1v) is 11.0. The number of aryl methyl sites for hydroxylation is 1. The van der Waals surface area contributed by atoms with Crippen molar-refractivity contribution >= 4 is 40.2 Å². The largest absolute Gasteiger partial charge is 0.465 e. The van der Waals surface area contributed by atoms with E-state index < -0.39 is 5.97 Å². The van der Waals surface area contributed by atoms with Crippen LogP contribution in [0.15, 0.2) is 24.3 Å². The van der Waals surface area contributed by atoms with E-state index in [9.17, 15) is 19.2 Å². The second-order valence-electron chi connectivity index (χ2n) is 7.83. The molecule has 1 aliphatic heterocycles. The number of anilines is 1. The minimum atomic E-state index is -0.489. The van der Waals surface area contributed by atoms with E-state index in [1.807, 2.05) is 0 Å².